The van der Waals surface area contributed by atoms with Gasteiger partial charge < -0.3 is 13.3 Å². The molecule has 0 N–H and O–H groups in total. The summed E-state index contributed by atoms with van der Waals surface area (Å²) in [6.07, 6.45) is 1.33. The standard InChI is InChI=1S/C5H12O3Si/c1-5-8-9(4,6-2)7-3/h5H,1H2,2-4H3. The summed E-state index contributed by atoms with van der Waals surface area (Å²) in [4.78, 5) is 0. The first-order valence-corrected chi connectivity index (χ1v) is 4.80. The van der Waals surface area contributed by atoms with Crippen molar-refractivity contribution in [2.24, 2.45) is 0 Å². The molecule has 0 aromatic heterocycles. The van der Waals surface area contributed by atoms with Crippen LogP contribution in [-0.4, -0.2) is 23.0 Å². The van der Waals surface area contributed by atoms with Gasteiger partial charge in [0.15, 0.2) is 0 Å². The van der Waals surface area contributed by atoms with Gasteiger partial charge in [-0.1, -0.05) is 6.58 Å². The maximum Gasteiger partial charge on any atom is 0.561 e. The zero-order valence-corrected chi connectivity index (χ0v) is 7.01. The van der Waals surface area contributed by atoms with E-state index < -0.39 is 8.80 Å². The van der Waals surface area contributed by atoms with Crippen LogP contribution in [0.25, 0.3) is 0 Å². The fraction of sp³-hybridized carbons (Fsp3) is 0.600. The molecule has 4 heteroatoms. The number of hydrogen-bond acceptors (Lipinski definition) is 3. The molecule has 0 aliphatic rings. The molecule has 0 atom stereocenters. The Bertz CT molecular complexity index is 90.2. The van der Waals surface area contributed by atoms with Crippen molar-refractivity contribution in [3.8, 4) is 0 Å². The first-order valence-electron chi connectivity index (χ1n) is 2.57. The molecule has 0 fully saturated rings. The average molecular weight is 148 g/mol. The molecule has 0 aromatic rings. The van der Waals surface area contributed by atoms with E-state index in [0.29, 0.717) is 0 Å². The van der Waals surface area contributed by atoms with E-state index in [2.05, 4.69) is 6.58 Å². The summed E-state index contributed by atoms with van der Waals surface area (Å²) in [6.45, 7) is 5.18. The predicted molar refractivity (Wildman–Crippen MR) is 36.9 cm³/mol. The van der Waals surface area contributed by atoms with Crippen molar-refractivity contribution in [1.29, 1.82) is 0 Å². The zero-order chi connectivity index (χ0) is 7.33. The Balaban J connectivity index is 3.75. The summed E-state index contributed by atoms with van der Waals surface area (Å²) < 4.78 is 14.9. The highest BCUT2D eigenvalue weighted by molar-refractivity contribution is 6.59. The normalized spacial score (nSPS) is 11.0. The van der Waals surface area contributed by atoms with Crippen LogP contribution in [0.5, 0.6) is 0 Å². The first-order chi connectivity index (χ1) is 4.18. The van der Waals surface area contributed by atoms with Gasteiger partial charge in [0, 0.05) is 20.8 Å². The predicted octanol–water partition coefficient (Wildman–Crippen LogP) is 1.01. The van der Waals surface area contributed by atoms with Crippen LogP contribution in [-0.2, 0) is 13.3 Å². The lowest BCUT2D eigenvalue weighted by Crippen LogP contribution is -2.38. The summed E-state index contributed by atoms with van der Waals surface area (Å²) in [6, 6.07) is 0. The van der Waals surface area contributed by atoms with E-state index in [1.807, 2.05) is 0 Å². The molecule has 0 saturated heterocycles. The Labute approximate surface area is 56.6 Å². The third-order valence-electron chi connectivity index (χ3n) is 1.04. The second-order valence-corrected chi connectivity index (χ2v) is 4.33. The summed E-state index contributed by atoms with van der Waals surface area (Å²) >= 11 is 0. The van der Waals surface area contributed by atoms with Crippen molar-refractivity contribution in [2.75, 3.05) is 14.2 Å². The van der Waals surface area contributed by atoms with Crippen molar-refractivity contribution in [2.45, 2.75) is 6.55 Å². The molecule has 0 unspecified atom stereocenters. The highest BCUT2D eigenvalue weighted by Crippen LogP contribution is 2.04. The molecule has 54 valence electrons. The van der Waals surface area contributed by atoms with E-state index in [4.69, 9.17) is 13.3 Å². The maximum atomic E-state index is 4.99. The topological polar surface area (TPSA) is 27.7 Å². The lowest BCUT2D eigenvalue weighted by molar-refractivity contribution is 0.149. The van der Waals surface area contributed by atoms with Crippen LogP contribution in [0.2, 0.25) is 6.55 Å². The Morgan fingerprint density at radius 1 is 1.33 bits per heavy atom. The molecule has 0 spiro atoms. The van der Waals surface area contributed by atoms with Gasteiger partial charge in [-0.15, -0.1) is 0 Å². The van der Waals surface area contributed by atoms with Gasteiger partial charge in [-0.3, -0.25) is 0 Å². The van der Waals surface area contributed by atoms with Crippen molar-refractivity contribution in [3.63, 3.8) is 0 Å². The quantitative estimate of drug-likeness (QED) is 0.440. The van der Waals surface area contributed by atoms with Crippen molar-refractivity contribution in [3.05, 3.63) is 12.8 Å². The summed E-state index contributed by atoms with van der Waals surface area (Å²) in [5.41, 5.74) is 0. The van der Waals surface area contributed by atoms with Crippen LogP contribution < -0.4 is 0 Å². The molecule has 0 heterocycles. The van der Waals surface area contributed by atoms with E-state index >= 15 is 0 Å². The van der Waals surface area contributed by atoms with Gasteiger partial charge in [-0.25, -0.2) is 0 Å². The molecular formula is C5H12O3Si. The second-order valence-electron chi connectivity index (χ2n) is 1.56. The molecule has 0 aliphatic heterocycles. The van der Waals surface area contributed by atoms with Gasteiger partial charge >= 0.3 is 8.80 Å². The van der Waals surface area contributed by atoms with Crippen LogP contribution in [0.3, 0.4) is 0 Å². The molecular weight excluding hydrogens is 136 g/mol. The van der Waals surface area contributed by atoms with Crippen LogP contribution in [0, 0.1) is 0 Å². The molecule has 0 amide bonds. The van der Waals surface area contributed by atoms with E-state index in [1.165, 1.54) is 6.26 Å². The molecule has 0 aromatic carbocycles. The summed E-state index contributed by atoms with van der Waals surface area (Å²) in [7, 11) is 0.794. The molecule has 9 heavy (non-hydrogen) atoms. The fourth-order valence-corrected chi connectivity index (χ4v) is 0.993. The van der Waals surface area contributed by atoms with E-state index in [0.717, 1.165) is 0 Å². The number of rotatable bonds is 4. The van der Waals surface area contributed by atoms with Gasteiger partial charge in [0.1, 0.15) is 0 Å². The minimum absolute atomic E-state index is 1.33. The first kappa shape index (κ1) is 8.68. The third kappa shape index (κ3) is 2.64. The fourth-order valence-electron chi connectivity index (χ4n) is 0.331. The third-order valence-corrected chi connectivity index (χ3v) is 3.12. The van der Waals surface area contributed by atoms with Crippen LogP contribution in [0.15, 0.2) is 12.8 Å². The number of hydrogen-bond donors (Lipinski definition) is 0. The molecule has 3 nitrogen and oxygen atoms in total. The summed E-state index contributed by atoms with van der Waals surface area (Å²) in [5, 5.41) is 0. The SMILES string of the molecule is C=CO[Si](C)(OC)OC. The highest BCUT2D eigenvalue weighted by atomic mass is 28.4. The van der Waals surface area contributed by atoms with E-state index in [-0.39, 0.29) is 0 Å². The van der Waals surface area contributed by atoms with E-state index in [9.17, 15) is 0 Å². The molecule has 0 rings (SSSR count). The Kier molecular flexibility index (Phi) is 3.52. The van der Waals surface area contributed by atoms with Gasteiger partial charge in [0.05, 0.1) is 6.26 Å². The zero-order valence-electron chi connectivity index (χ0n) is 6.01. The van der Waals surface area contributed by atoms with Crippen molar-refractivity contribution >= 4 is 8.80 Å². The lowest BCUT2D eigenvalue weighted by atomic mass is 11.2. The highest BCUT2D eigenvalue weighted by Gasteiger charge is 2.32. The molecule has 0 saturated carbocycles. The smallest absolute Gasteiger partial charge is 0.508 e. The molecule has 0 bridgehead atoms. The Morgan fingerprint density at radius 3 is 1.89 bits per heavy atom. The largest absolute Gasteiger partial charge is 0.561 e. The van der Waals surface area contributed by atoms with Gasteiger partial charge in [-0.05, 0) is 0 Å². The van der Waals surface area contributed by atoms with Crippen LogP contribution in [0.1, 0.15) is 0 Å². The van der Waals surface area contributed by atoms with Crippen molar-refractivity contribution < 1.29 is 13.3 Å². The molecule has 0 aliphatic carbocycles. The van der Waals surface area contributed by atoms with E-state index in [1.54, 1.807) is 20.8 Å². The minimum atomic E-state index is -2.32. The van der Waals surface area contributed by atoms with Crippen molar-refractivity contribution in [1.82, 2.24) is 0 Å². The van der Waals surface area contributed by atoms with Gasteiger partial charge in [0.25, 0.3) is 0 Å². The average Bonchev–Trinajstić information content (AvgIpc) is 1.89. The Morgan fingerprint density at radius 2 is 1.78 bits per heavy atom. The van der Waals surface area contributed by atoms with Gasteiger partial charge in [0.2, 0.25) is 0 Å². The van der Waals surface area contributed by atoms with Crippen LogP contribution in [0.4, 0.5) is 0 Å². The maximum absolute atomic E-state index is 4.99. The second kappa shape index (κ2) is 3.65. The molecule has 0 radical (unpaired) electrons. The lowest BCUT2D eigenvalue weighted by Gasteiger charge is -2.19. The summed E-state index contributed by atoms with van der Waals surface area (Å²) in [5.74, 6) is 0. The van der Waals surface area contributed by atoms with Crippen LogP contribution >= 0.6 is 0 Å². The minimum Gasteiger partial charge on any atom is -0.508 e. The Hall–Kier alpha value is -0.323. The van der Waals surface area contributed by atoms with Gasteiger partial charge in [-0.2, -0.15) is 0 Å². The monoisotopic (exact) mass is 148 g/mol.